The van der Waals surface area contributed by atoms with Crippen LogP contribution in [0.25, 0.3) is 11.1 Å². The largest absolute Gasteiger partial charge is 0.422 e. The van der Waals surface area contributed by atoms with Gasteiger partial charge in [-0.2, -0.15) is 5.26 Å². The molecular formula is C27H27NO2. The molecule has 3 aromatic rings. The van der Waals surface area contributed by atoms with Crippen molar-refractivity contribution in [1.82, 2.24) is 0 Å². The molecule has 0 heterocycles. The van der Waals surface area contributed by atoms with Crippen molar-refractivity contribution in [2.24, 2.45) is 5.92 Å². The minimum atomic E-state index is -0.372. The van der Waals surface area contributed by atoms with Crippen molar-refractivity contribution >= 4 is 5.97 Å². The zero-order chi connectivity index (χ0) is 21.2. The molecule has 0 N–H and O–H groups in total. The number of esters is 1. The molecule has 0 saturated heterocycles. The first-order valence-corrected chi connectivity index (χ1v) is 10.6. The highest BCUT2D eigenvalue weighted by Gasteiger charge is 2.13. The maximum Gasteiger partial charge on any atom is 0.343 e. The molecule has 0 radical (unpaired) electrons. The molecule has 30 heavy (non-hydrogen) atoms. The van der Waals surface area contributed by atoms with E-state index in [0.717, 1.165) is 48.8 Å². The fourth-order valence-electron chi connectivity index (χ4n) is 3.44. The van der Waals surface area contributed by atoms with E-state index in [9.17, 15) is 10.1 Å². The van der Waals surface area contributed by atoms with E-state index in [1.54, 1.807) is 12.1 Å². The van der Waals surface area contributed by atoms with Gasteiger partial charge in [0.15, 0.2) is 0 Å². The van der Waals surface area contributed by atoms with Gasteiger partial charge in [0.05, 0.1) is 11.6 Å². The van der Waals surface area contributed by atoms with Crippen LogP contribution in [0.5, 0.6) is 5.75 Å². The Kier molecular flexibility index (Phi) is 7.80. The molecule has 1 unspecified atom stereocenters. The number of para-hydroxylation sites is 1. The third-order valence-corrected chi connectivity index (χ3v) is 5.23. The molecule has 3 rings (SSSR count). The van der Waals surface area contributed by atoms with E-state index in [2.05, 4.69) is 13.0 Å². The monoisotopic (exact) mass is 397 g/mol. The number of hydrogen-bond donors (Lipinski definition) is 0. The van der Waals surface area contributed by atoms with Gasteiger partial charge in [0.1, 0.15) is 5.75 Å². The van der Waals surface area contributed by atoms with Gasteiger partial charge in [-0.15, -0.1) is 0 Å². The molecule has 3 nitrogen and oxygen atoms in total. The maximum absolute atomic E-state index is 12.7. The molecule has 3 aromatic carbocycles. The van der Waals surface area contributed by atoms with Gasteiger partial charge in [-0.25, -0.2) is 4.79 Å². The molecule has 0 bridgehead atoms. The zero-order valence-electron chi connectivity index (χ0n) is 17.4. The summed E-state index contributed by atoms with van der Waals surface area (Å²) < 4.78 is 5.70. The lowest BCUT2D eigenvalue weighted by Gasteiger charge is -2.11. The highest BCUT2D eigenvalue weighted by Crippen LogP contribution is 2.30. The Morgan fingerprint density at radius 2 is 1.63 bits per heavy atom. The Morgan fingerprint density at radius 1 is 0.933 bits per heavy atom. The number of nitrogens with zero attached hydrogens (tertiary/aromatic N) is 1. The Balaban J connectivity index is 1.64. The van der Waals surface area contributed by atoms with E-state index < -0.39 is 0 Å². The van der Waals surface area contributed by atoms with Gasteiger partial charge in [0, 0.05) is 11.5 Å². The zero-order valence-corrected chi connectivity index (χ0v) is 17.4. The molecule has 1 atom stereocenters. The predicted octanol–water partition coefficient (Wildman–Crippen LogP) is 6.84. The highest BCUT2D eigenvalue weighted by molar-refractivity contribution is 5.92. The Labute approximate surface area is 178 Å². The van der Waals surface area contributed by atoms with Crippen LogP contribution in [0.2, 0.25) is 0 Å². The summed E-state index contributed by atoms with van der Waals surface area (Å²) in [6.07, 6.45) is 4.85. The van der Waals surface area contributed by atoms with Crippen LogP contribution in [0.1, 0.15) is 48.5 Å². The maximum atomic E-state index is 12.7. The van der Waals surface area contributed by atoms with Gasteiger partial charge in [0.2, 0.25) is 0 Å². The Morgan fingerprint density at radius 3 is 2.33 bits per heavy atom. The molecule has 0 fully saturated rings. The fraction of sp³-hybridized carbons (Fsp3) is 0.259. The first-order chi connectivity index (χ1) is 14.7. The summed E-state index contributed by atoms with van der Waals surface area (Å²) in [6.45, 7) is 2.14. The summed E-state index contributed by atoms with van der Waals surface area (Å²) in [4.78, 5) is 12.7. The van der Waals surface area contributed by atoms with Crippen molar-refractivity contribution in [3.05, 3.63) is 90.0 Å². The predicted molar refractivity (Wildman–Crippen MR) is 120 cm³/mol. The minimum Gasteiger partial charge on any atom is -0.422 e. The van der Waals surface area contributed by atoms with Crippen LogP contribution in [0.3, 0.4) is 0 Å². The average Bonchev–Trinajstić information content (AvgIpc) is 2.80. The smallest absolute Gasteiger partial charge is 0.343 e. The van der Waals surface area contributed by atoms with Crippen LogP contribution < -0.4 is 4.74 Å². The van der Waals surface area contributed by atoms with Gasteiger partial charge in [-0.1, -0.05) is 80.4 Å². The number of carbonyl (C=O) groups excluding carboxylic acids is 1. The van der Waals surface area contributed by atoms with Crippen molar-refractivity contribution in [2.75, 3.05) is 0 Å². The van der Waals surface area contributed by atoms with Crippen LogP contribution in [-0.4, -0.2) is 5.97 Å². The third kappa shape index (κ3) is 5.81. The molecule has 0 aliphatic rings. The molecule has 0 amide bonds. The highest BCUT2D eigenvalue weighted by atomic mass is 16.5. The Hall–Kier alpha value is -3.38. The fourth-order valence-corrected chi connectivity index (χ4v) is 3.44. The number of rotatable bonds is 9. The van der Waals surface area contributed by atoms with Crippen LogP contribution in [-0.2, 0) is 6.42 Å². The van der Waals surface area contributed by atoms with Crippen LogP contribution in [0, 0.1) is 17.2 Å². The van der Waals surface area contributed by atoms with Gasteiger partial charge < -0.3 is 4.74 Å². The lowest BCUT2D eigenvalue weighted by Crippen LogP contribution is -2.09. The number of unbranched alkanes of at least 4 members (excludes halogenated alkanes) is 1. The lowest BCUT2D eigenvalue weighted by atomic mass is 9.95. The molecule has 0 aromatic heterocycles. The standard InChI is InChI=1S/C27H27NO2/c1-2-3-9-22(20-28)15-14-21-16-18-24(19-17-21)27(29)30-26-13-8-7-12-25(26)23-10-5-4-6-11-23/h4-8,10-13,16-19,22H,2-3,9,14-15H2,1H3. The normalized spacial score (nSPS) is 11.5. The van der Waals surface area contributed by atoms with E-state index in [1.165, 1.54) is 0 Å². The van der Waals surface area contributed by atoms with Gasteiger partial charge in [0.25, 0.3) is 0 Å². The molecule has 0 spiro atoms. The van der Waals surface area contributed by atoms with Crippen LogP contribution >= 0.6 is 0 Å². The van der Waals surface area contributed by atoms with E-state index >= 15 is 0 Å². The number of aryl methyl sites for hydroxylation is 1. The Bertz CT molecular complexity index is 987. The molecule has 0 saturated carbocycles. The third-order valence-electron chi connectivity index (χ3n) is 5.23. The quantitative estimate of drug-likeness (QED) is 0.293. The summed E-state index contributed by atoms with van der Waals surface area (Å²) in [5, 5.41) is 9.28. The average molecular weight is 398 g/mol. The summed E-state index contributed by atoms with van der Waals surface area (Å²) in [5.74, 6) is 0.275. The van der Waals surface area contributed by atoms with E-state index in [-0.39, 0.29) is 11.9 Å². The summed E-state index contributed by atoms with van der Waals surface area (Å²) >= 11 is 0. The van der Waals surface area contributed by atoms with Gasteiger partial charge in [-0.05, 0) is 48.6 Å². The van der Waals surface area contributed by atoms with Crippen LogP contribution in [0.15, 0.2) is 78.9 Å². The first-order valence-electron chi connectivity index (χ1n) is 10.6. The van der Waals surface area contributed by atoms with Crippen molar-refractivity contribution in [3.8, 4) is 22.9 Å². The molecule has 152 valence electrons. The number of carbonyl (C=O) groups is 1. The van der Waals surface area contributed by atoms with E-state index in [0.29, 0.717) is 11.3 Å². The number of nitriles is 1. The molecule has 0 aliphatic heterocycles. The van der Waals surface area contributed by atoms with Gasteiger partial charge in [-0.3, -0.25) is 0 Å². The second kappa shape index (κ2) is 11.0. The van der Waals surface area contributed by atoms with E-state index in [4.69, 9.17) is 4.74 Å². The topological polar surface area (TPSA) is 50.1 Å². The summed E-state index contributed by atoms with van der Waals surface area (Å²) in [7, 11) is 0. The van der Waals surface area contributed by atoms with Gasteiger partial charge >= 0.3 is 5.97 Å². The molecular weight excluding hydrogens is 370 g/mol. The summed E-state index contributed by atoms with van der Waals surface area (Å²) in [5.41, 5.74) is 3.54. The van der Waals surface area contributed by atoms with Crippen molar-refractivity contribution in [2.45, 2.75) is 39.0 Å². The second-order valence-electron chi connectivity index (χ2n) is 7.46. The van der Waals surface area contributed by atoms with Crippen molar-refractivity contribution < 1.29 is 9.53 Å². The minimum absolute atomic E-state index is 0.101. The second-order valence-corrected chi connectivity index (χ2v) is 7.46. The van der Waals surface area contributed by atoms with Crippen molar-refractivity contribution in [3.63, 3.8) is 0 Å². The number of ether oxygens (including phenoxy) is 1. The molecule has 0 aliphatic carbocycles. The summed E-state index contributed by atoms with van der Waals surface area (Å²) in [6, 6.07) is 27.4. The number of benzene rings is 3. The van der Waals surface area contributed by atoms with Crippen LogP contribution in [0.4, 0.5) is 0 Å². The van der Waals surface area contributed by atoms with Crippen molar-refractivity contribution in [1.29, 1.82) is 5.26 Å². The van der Waals surface area contributed by atoms with E-state index in [1.807, 2.05) is 66.7 Å². The lowest BCUT2D eigenvalue weighted by molar-refractivity contribution is 0.0735. The number of hydrogen-bond acceptors (Lipinski definition) is 3. The molecule has 3 heteroatoms. The SMILES string of the molecule is CCCCC(C#N)CCc1ccc(C(=O)Oc2ccccc2-c2ccccc2)cc1. The first kappa shape index (κ1) is 21.3.